The lowest BCUT2D eigenvalue weighted by Crippen LogP contribution is -2.42. The van der Waals surface area contributed by atoms with Gasteiger partial charge in [-0.15, -0.1) is 0 Å². The van der Waals surface area contributed by atoms with Gasteiger partial charge in [0, 0.05) is 20.0 Å². The van der Waals surface area contributed by atoms with Gasteiger partial charge < -0.3 is 19.7 Å². The number of likely N-dealkylation sites (tertiary alicyclic amines) is 1. The minimum Gasteiger partial charge on any atom is -0.466 e. The monoisotopic (exact) mass is 402 g/mol. The number of amides is 2. The molecular formula is C21H26N2O6. The molecule has 0 saturated carbocycles. The lowest BCUT2D eigenvalue weighted by Gasteiger charge is -2.30. The zero-order valence-corrected chi connectivity index (χ0v) is 16.7. The number of carbonyl (C=O) groups excluding carboxylic acids is 4. The number of rotatable bonds is 7. The van der Waals surface area contributed by atoms with E-state index in [4.69, 9.17) is 9.47 Å². The van der Waals surface area contributed by atoms with Crippen molar-refractivity contribution < 1.29 is 28.7 Å². The molecule has 0 atom stereocenters. The minimum absolute atomic E-state index is 0.0440. The predicted octanol–water partition coefficient (Wildman–Crippen LogP) is 1.51. The first-order valence-electron chi connectivity index (χ1n) is 9.56. The van der Waals surface area contributed by atoms with Crippen LogP contribution in [-0.4, -0.2) is 55.0 Å². The Kier molecular flexibility index (Phi) is 8.39. The topological polar surface area (TPSA) is 102 Å². The molecule has 29 heavy (non-hydrogen) atoms. The Morgan fingerprint density at radius 2 is 1.76 bits per heavy atom. The summed E-state index contributed by atoms with van der Waals surface area (Å²) < 4.78 is 10.1. The number of ether oxygens (including phenoxy) is 2. The molecule has 8 heteroatoms. The molecular weight excluding hydrogens is 376 g/mol. The summed E-state index contributed by atoms with van der Waals surface area (Å²) in [6, 6.07) is 8.97. The van der Waals surface area contributed by atoms with E-state index in [1.807, 2.05) is 6.07 Å². The van der Waals surface area contributed by atoms with Crippen LogP contribution in [0, 0.1) is 5.92 Å². The van der Waals surface area contributed by atoms with Gasteiger partial charge in [-0.05, 0) is 31.4 Å². The highest BCUT2D eigenvalue weighted by Crippen LogP contribution is 2.19. The summed E-state index contributed by atoms with van der Waals surface area (Å²) in [6.45, 7) is 3.74. The normalized spacial score (nSPS) is 14.8. The second-order valence-electron chi connectivity index (χ2n) is 6.63. The zero-order chi connectivity index (χ0) is 21.2. The molecule has 8 nitrogen and oxygen atoms in total. The van der Waals surface area contributed by atoms with Crippen molar-refractivity contribution in [3.05, 3.63) is 41.6 Å². The summed E-state index contributed by atoms with van der Waals surface area (Å²) >= 11 is 0. The van der Waals surface area contributed by atoms with Gasteiger partial charge in [0.2, 0.25) is 5.91 Å². The number of carbonyl (C=O) groups is 4. The van der Waals surface area contributed by atoms with Gasteiger partial charge >= 0.3 is 11.9 Å². The molecule has 0 unspecified atom stereocenters. The van der Waals surface area contributed by atoms with Crippen LogP contribution in [0.25, 0.3) is 6.08 Å². The van der Waals surface area contributed by atoms with Gasteiger partial charge in [-0.3, -0.25) is 14.4 Å². The first-order chi connectivity index (χ1) is 13.9. The molecule has 1 fully saturated rings. The summed E-state index contributed by atoms with van der Waals surface area (Å²) in [6.07, 6.45) is 2.52. The predicted molar refractivity (Wildman–Crippen MR) is 105 cm³/mol. The van der Waals surface area contributed by atoms with Crippen molar-refractivity contribution in [2.75, 3.05) is 26.3 Å². The van der Waals surface area contributed by atoms with Gasteiger partial charge in [0.05, 0.1) is 12.5 Å². The molecule has 1 aliphatic heterocycles. The van der Waals surface area contributed by atoms with Crippen LogP contribution < -0.4 is 5.32 Å². The molecule has 0 aliphatic carbocycles. The van der Waals surface area contributed by atoms with Crippen LogP contribution >= 0.6 is 0 Å². The highest BCUT2D eigenvalue weighted by Gasteiger charge is 2.28. The quantitative estimate of drug-likeness (QED) is 0.548. The summed E-state index contributed by atoms with van der Waals surface area (Å²) in [5.74, 6) is -2.00. The highest BCUT2D eigenvalue weighted by atomic mass is 16.5. The van der Waals surface area contributed by atoms with E-state index in [0.717, 1.165) is 0 Å². The molecule has 156 valence electrons. The van der Waals surface area contributed by atoms with Gasteiger partial charge in [0.25, 0.3) is 5.91 Å². The fourth-order valence-corrected chi connectivity index (χ4v) is 2.97. The van der Waals surface area contributed by atoms with Crippen molar-refractivity contribution in [2.45, 2.75) is 26.7 Å². The second-order valence-corrected chi connectivity index (χ2v) is 6.63. The van der Waals surface area contributed by atoms with Crippen LogP contribution in [0.4, 0.5) is 0 Å². The third-order valence-electron chi connectivity index (χ3n) is 4.44. The van der Waals surface area contributed by atoms with Gasteiger partial charge in [-0.25, -0.2) is 4.79 Å². The Hall–Kier alpha value is -3.16. The van der Waals surface area contributed by atoms with Crippen molar-refractivity contribution >= 4 is 29.8 Å². The van der Waals surface area contributed by atoms with E-state index in [1.165, 1.54) is 13.0 Å². The molecule has 0 bridgehead atoms. The Bertz CT molecular complexity index is 767. The molecule has 1 saturated heterocycles. The van der Waals surface area contributed by atoms with Gasteiger partial charge in [-0.1, -0.05) is 30.3 Å². The van der Waals surface area contributed by atoms with Crippen LogP contribution in [0.2, 0.25) is 0 Å². The largest absolute Gasteiger partial charge is 0.466 e. The van der Waals surface area contributed by atoms with E-state index in [1.54, 1.807) is 36.1 Å². The van der Waals surface area contributed by atoms with Crippen LogP contribution in [0.5, 0.6) is 0 Å². The maximum absolute atomic E-state index is 12.3. The molecule has 1 N–H and O–H groups in total. The van der Waals surface area contributed by atoms with Crippen LogP contribution in [-0.2, 0) is 28.7 Å². The third kappa shape index (κ3) is 7.06. The summed E-state index contributed by atoms with van der Waals surface area (Å²) in [5, 5.41) is 2.43. The van der Waals surface area contributed by atoms with E-state index >= 15 is 0 Å². The second kappa shape index (κ2) is 11.0. The fraction of sp³-hybridized carbons (Fsp3) is 0.429. The molecule has 1 aliphatic rings. The molecule has 1 aromatic carbocycles. The van der Waals surface area contributed by atoms with E-state index in [-0.39, 0.29) is 23.5 Å². The average Bonchev–Trinajstić information content (AvgIpc) is 2.72. The standard InChI is InChI=1S/C21H26N2O6/c1-3-28-20(26)17-9-11-23(12-10-17)19(25)14-29-21(27)18(22-15(2)24)13-16-7-5-4-6-8-16/h4-8,13,17H,3,9-12,14H2,1-2H3,(H,22,24)/b18-13-. The number of benzene rings is 1. The minimum atomic E-state index is -0.793. The van der Waals surface area contributed by atoms with E-state index in [2.05, 4.69) is 5.32 Å². The van der Waals surface area contributed by atoms with Gasteiger partial charge in [0.15, 0.2) is 6.61 Å². The van der Waals surface area contributed by atoms with Crippen molar-refractivity contribution in [1.29, 1.82) is 0 Å². The Morgan fingerprint density at radius 3 is 2.34 bits per heavy atom. The third-order valence-corrected chi connectivity index (χ3v) is 4.44. The van der Waals surface area contributed by atoms with E-state index in [0.29, 0.717) is 38.1 Å². The van der Waals surface area contributed by atoms with Crippen molar-refractivity contribution in [3.8, 4) is 0 Å². The van der Waals surface area contributed by atoms with Crippen LogP contribution in [0.1, 0.15) is 32.3 Å². The number of nitrogens with zero attached hydrogens (tertiary/aromatic N) is 1. The molecule has 0 aromatic heterocycles. The van der Waals surface area contributed by atoms with Crippen LogP contribution in [0.15, 0.2) is 36.0 Å². The van der Waals surface area contributed by atoms with Crippen molar-refractivity contribution in [1.82, 2.24) is 10.2 Å². The summed E-state index contributed by atoms with van der Waals surface area (Å²) in [7, 11) is 0. The Morgan fingerprint density at radius 1 is 1.10 bits per heavy atom. The fourth-order valence-electron chi connectivity index (χ4n) is 2.97. The first kappa shape index (κ1) is 22.1. The number of nitrogens with one attached hydrogen (secondary N) is 1. The first-order valence-corrected chi connectivity index (χ1v) is 9.56. The summed E-state index contributed by atoms with van der Waals surface area (Å²) in [4.78, 5) is 49.4. The van der Waals surface area contributed by atoms with Gasteiger partial charge in [0.1, 0.15) is 5.70 Å². The number of piperidine rings is 1. The molecule has 2 rings (SSSR count). The lowest BCUT2D eigenvalue weighted by molar-refractivity contribution is -0.153. The van der Waals surface area contributed by atoms with Gasteiger partial charge in [-0.2, -0.15) is 0 Å². The van der Waals surface area contributed by atoms with Crippen molar-refractivity contribution in [3.63, 3.8) is 0 Å². The number of hydrogen-bond donors (Lipinski definition) is 1. The zero-order valence-electron chi connectivity index (χ0n) is 16.7. The Balaban J connectivity index is 1.89. The molecule has 1 aromatic rings. The molecule has 0 radical (unpaired) electrons. The number of esters is 2. The number of hydrogen-bond acceptors (Lipinski definition) is 6. The van der Waals surface area contributed by atoms with Crippen LogP contribution in [0.3, 0.4) is 0 Å². The van der Waals surface area contributed by atoms with E-state index < -0.39 is 18.5 Å². The van der Waals surface area contributed by atoms with Crippen molar-refractivity contribution in [2.24, 2.45) is 5.92 Å². The summed E-state index contributed by atoms with van der Waals surface area (Å²) in [5.41, 5.74) is 0.665. The van der Waals surface area contributed by atoms with E-state index in [9.17, 15) is 19.2 Å². The smallest absolute Gasteiger partial charge is 0.355 e. The molecule has 1 heterocycles. The average molecular weight is 402 g/mol. The lowest BCUT2D eigenvalue weighted by atomic mass is 9.97. The SMILES string of the molecule is CCOC(=O)C1CCN(C(=O)COC(=O)/C(=C/c2ccccc2)NC(C)=O)CC1. The molecule has 2 amide bonds. The highest BCUT2D eigenvalue weighted by molar-refractivity contribution is 5.98. The maximum Gasteiger partial charge on any atom is 0.355 e. The Labute approximate surface area is 169 Å². The molecule has 0 spiro atoms. The maximum atomic E-state index is 12.3.